The molecule has 2 aromatic carbocycles. The first-order chi connectivity index (χ1) is 12.9. The molecule has 2 rings (SSSR count). The van der Waals surface area contributed by atoms with E-state index in [0.29, 0.717) is 17.1 Å². The Balaban J connectivity index is 2.13. The molecule has 0 saturated heterocycles. The Morgan fingerprint density at radius 2 is 1.70 bits per heavy atom. The molecule has 0 aliphatic rings. The Morgan fingerprint density at radius 1 is 1.04 bits per heavy atom. The van der Waals surface area contributed by atoms with Crippen molar-refractivity contribution in [2.45, 2.75) is 19.9 Å². The lowest BCUT2D eigenvalue weighted by molar-refractivity contribution is -0.125. The van der Waals surface area contributed by atoms with Gasteiger partial charge in [0.1, 0.15) is 11.5 Å². The van der Waals surface area contributed by atoms with E-state index >= 15 is 0 Å². The van der Waals surface area contributed by atoms with Gasteiger partial charge in [0.05, 0.1) is 20.3 Å². The van der Waals surface area contributed by atoms with E-state index in [0.717, 1.165) is 11.1 Å². The summed E-state index contributed by atoms with van der Waals surface area (Å²) in [4.78, 5) is 26.5. The van der Waals surface area contributed by atoms with Crippen molar-refractivity contribution in [1.82, 2.24) is 4.90 Å². The average Bonchev–Trinajstić information content (AvgIpc) is 2.70. The number of carbonyl (C=O) groups is 2. The SMILES string of the molecule is COc1ccc(OC)c(/C=C/C(=O)N(C)C(C)C(=O)c2ccc(C)cc2)c1. The number of aryl methyl sites for hydroxylation is 1. The molecule has 1 amide bonds. The summed E-state index contributed by atoms with van der Waals surface area (Å²) in [7, 11) is 4.76. The van der Waals surface area contributed by atoms with E-state index in [2.05, 4.69) is 0 Å². The zero-order valence-electron chi connectivity index (χ0n) is 16.4. The number of hydrogen-bond donors (Lipinski definition) is 0. The van der Waals surface area contributed by atoms with Crippen LogP contribution in [0.4, 0.5) is 0 Å². The van der Waals surface area contributed by atoms with Crippen molar-refractivity contribution in [3.8, 4) is 11.5 Å². The monoisotopic (exact) mass is 367 g/mol. The van der Waals surface area contributed by atoms with Crippen LogP contribution in [0.1, 0.15) is 28.4 Å². The highest BCUT2D eigenvalue weighted by Crippen LogP contribution is 2.25. The Morgan fingerprint density at radius 3 is 2.30 bits per heavy atom. The van der Waals surface area contributed by atoms with Gasteiger partial charge < -0.3 is 14.4 Å². The molecule has 2 aromatic rings. The molecule has 0 heterocycles. The number of ketones is 1. The lowest BCUT2D eigenvalue weighted by Gasteiger charge is -2.22. The van der Waals surface area contributed by atoms with Gasteiger partial charge in [0.2, 0.25) is 5.91 Å². The fourth-order valence-corrected chi connectivity index (χ4v) is 2.57. The van der Waals surface area contributed by atoms with Crippen LogP contribution in [0.15, 0.2) is 48.5 Å². The molecule has 0 radical (unpaired) electrons. The van der Waals surface area contributed by atoms with Crippen molar-refractivity contribution >= 4 is 17.8 Å². The Kier molecular flexibility index (Phi) is 6.77. The van der Waals surface area contributed by atoms with Crippen LogP contribution in [0.5, 0.6) is 11.5 Å². The van der Waals surface area contributed by atoms with E-state index < -0.39 is 6.04 Å². The third-order valence-electron chi connectivity index (χ3n) is 4.49. The summed E-state index contributed by atoms with van der Waals surface area (Å²) < 4.78 is 10.5. The van der Waals surface area contributed by atoms with E-state index in [1.54, 1.807) is 64.6 Å². The highest BCUT2D eigenvalue weighted by molar-refractivity contribution is 6.03. The maximum Gasteiger partial charge on any atom is 0.246 e. The molecule has 5 nitrogen and oxygen atoms in total. The molecule has 0 aliphatic heterocycles. The van der Waals surface area contributed by atoms with Crippen LogP contribution in [-0.2, 0) is 4.79 Å². The lowest BCUT2D eigenvalue weighted by Crippen LogP contribution is -2.39. The fraction of sp³-hybridized carbons (Fsp3) is 0.273. The standard InChI is InChI=1S/C22H25NO4/c1-15-6-8-17(9-7-15)22(25)16(2)23(3)21(24)13-10-18-14-19(26-4)11-12-20(18)27-5/h6-14,16H,1-5H3/b13-10+. The first-order valence-corrected chi connectivity index (χ1v) is 8.65. The van der Waals surface area contributed by atoms with Crippen molar-refractivity contribution in [2.75, 3.05) is 21.3 Å². The van der Waals surface area contributed by atoms with Crippen LogP contribution >= 0.6 is 0 Å². The maximum atomic E-state index is 12.6. The Bertz CT molecular complexity index is 840. The van der Waals surface area contributed by atoms with Gasteiger partial charge in [-0.2, -0.15) is 0 Å². The minimum absolute atomic E-state index is 0.0989. The van der Waals surface area contributed by atoms with Gasteiger partial charge in [0.15, 0.2) is 5.78 Å². The van der Waals surface area contributed by atoms with Gasteiger partial charge in [0, 0.05) is 24.3 Å². The summed E-state index contributed by atoms with van der Waals surface area (Å²) in [5, 5.41) is 0. The zero-order valence-corrected chi connectivity index (χ0v) is 16.4. The first-order valence-electron chi connectivity index (χ1n) is 8.65. The molecule has 1 unspecified atom stereocenters. The van der Waals surface area contributed by atoms with E-state index in [1.807, 2.05) is 19.1 Å². The third-order valence-corrected chi connectivity index (χ3v) is 4.49. The van der Waals surface area contributed by atoms with E-state index in [9.17, 15) is 9.59 Å². The number of amides is 1. The second-order valence-corrected chi connectivity index (χ2v) is 6.30. The molecule has 0 N–H and O–H groups in total. The van der Waals surface area contributed by atoms with Crippen LogP contribution < -0.4 is 9.47 Å². The fourth-order valence-electron chi connectivity index (χ4n) is 2.57. The molecule has 1 atom stereocenters. The van der Waals surface area contributed by atoms with Gasteiger partial charge in [-0.3, -0.25) is 9.59 Å². The molecule has 5 heteroatoms. The van der Waals surface area contributed by atoms with Crippen molar-refractivity contribution in [3.63, 3.8) is 0 Å². The number of Topliss-reactive ketones (excluding diaryl/α,β-unsaturated/α-hetero) is 1. The minimum atomic E-state index is -0.572. The van der Waals surface area contributed by atoms with Gasteiger partial charge in [-0.1, -0.05) is 29.8 Å². The van der Waals surface area contributed by atoms with Crippen molar-refractivity contribution in [1.29, 1.82) is 0 Å². The van der Waals surface area contributed by atoms with Crippen LogP contribution in [-0.4, -0.2) is 43.9 Å². The van der Waals surface area contributed by atoms with E-state index in [4.69, 9.17) is 9.47 Å². The van der Waals surface area contributed by atoms with Crippen molar-refractivity contribution in [3.05, 3.63) is 65.2 Å². The topological polar surface area (TPSA) is 55.8 Å². The number of benzene rings is 2. The molecule has 0 saturated carbocycles. The normalized spacial score (nSPS) is 11.9. The van der Waals surface area contributed by atoms with Gasteiger partial charge in [-0.25, -0.2) is 0 Å². The number of likely N-dealkylation sites (N-methyl/N-ethyl adjacent to an activating group) is 1. The predicted octanol–water partition coefficient (Wildman–Crippen LogP) is 3.76. The maximum absolute atomic E-state index is 12.6. The van der Waals surface area contributed by atoms with E-state index in [-0.39, 0.29) is 11.7 Å². The summed E-state index contributed by atoms with van der Waals surface area (Å²) in [6.45, 7) is 3.69. The number of carbonyl (C=O) groups excluding carboxylic acids is 2. The molecule has 0 fully saturated rings. The second kappa shape index (κ2) is 9.03. The summed E-state index contributed by atoms with van der Waals surface area (Å²) >= 11 is 0. The molecule has 0 bridgehead atoms. The number of methoxy groups -OCH3 is 2. The van der Waals surface area contributed by atoms with Gasteiger partial charge >= 0.3 is 0 Å². The second-order valence-electron chi connectivity index (χ2n) is 6.30. The molecule has 0 aromatic heterocycles. The molecular formula is C22H25NO4. The third kappa shape index (κ3) is 4.97. The van der Waals surface area contributed by atoms with E-state index in [1.165, 1.54) is 11.0 Å². The number of ether oxygens (including phenoxy) is 2. The summed E-state index contributed by atoms with van der Waals surface area (Å²) in [5.74, 6) is 0.927. The van der Waals surface area contributed by atoms with Gasteiger partial charge in [0.25, 0.3) is 0 Å². The van der Waals surface area contributed by atoms with Gasteiger partial charge in [-0.05, 0) is 38.1 Å². The molecule has 0 aliphatic carbocycles. The number of hydrogen-bond acceptors (Lipinski definition) is 4. The smallest absolute Gasteiger partial charge is 0.246 e. The Labute approximate surface area is 160 Å². The zero-order chi connectivity index (χ0) is 20.0. The summed E-state index contributed by atoms with van der Waals surface area (Å²) in [6.07, 6.45) is 3.08. The average molecular weight is 367 g/mol. The van der Waals surface area contributed by atoms with Crippen molar-refractivity contribution in [2.24, 2.45) is 0 Å². The predicted molar refractivity (Wildman–Crippen MR) is 106 cm³/mol. The molecule has 142 valence electrons. The van der Waals surface area contributed by atoms with Crippen LogP contribution in [0, 0.1) is 6.92 Å². The quantitative estimate of drug-likeness (QED) is 0.552. The van der Waals surface area contributed by atoms with Crippen molar-refractivity contribution < 1.29 is 19.1 Å². The molecule has 27 heavy (non-hydrogen) atoms. The minimum Gasteiger partial charge on any atom is -0.497 e. The van der Waals surface area contributed by atoms with Crippen LogP contribution in [0.25, 0.3) is 6.08 Å². The van der Waals surface area contributed by atoms with Gasteiger partial charge in [-0.15, -0.1) is 0 Å². The number of rotatable bonds is 7. The lowest BCUT2D eigenvalue weighted by atomic mass is 10.0. The van der Waals surface area contributed by atoms with Crippen LogP contribution in [0.2, 0.25) is 0 Å². The molecule has 0 spiro atoms. The number of nitrogens with zero attached hydrogens (tertiary/aromatic N) is 1. The highest BCUT2D eigenvalue weighted by atomic mass is 16.5. The molecular weight excluding hydrogens is 342 g/mol. The summed E-state index contributed by atoms with van der Waals surface area (Å²) in [5.41, 5.74) is 2.39. The largest absolute Gasteiger partial charge is 0.497 e. The van der Waals surface area contributed by atoms with Crippen LogP contribution in [0.3, 0.4) is 0 Å². The summed E-state index contributed by atoms with van der Waals surface area (Å²) in [6, 6.07) is 12.1. The highest BCUT2D eigenvalue weighted by Gasteiger charge is 2.22. The first kappa shape index (κ1) is 20.2. The Hall–Kier alpha value is -3.08.